The SMILES string of the molecule is COc1ccc(C(O)C(NC(=S)Nc2ccccc2)C(=O)O)cc1. The van der Waals surface area contributed by atoms with Crippen molar-refractivity contribution in [3.05, 3.63) is 60.2 Å². The number of hydrogen-bond acceptors (Lipinski definition) is 4. The highest BCUT2D eigenvalue weighted by molar-refractivity contribution is 7.80. The van der Waals surface area contributed by atoms with E-state index in [1.54, 1.807) is 36.4 Å². The number of methoxy groups -OCH3 is 1. The summed E-state index contributed by atoms with van der Waals surface area (Å²) < 4.78 is 5.04. The standard InChI is InChI=1S/C17H18N2O4S/c1-23-13-9-7-11(8-10-13)15(20)14(16(21)22)19-17(24)18-12-5-3-2-4-6-12/h2-10,14-15,20H,1H3,(H,21,22)(H2,18,19,24). The van der Waals surface area contributed by atoms with E-state index in [-0.39, 0.29) is 5.11 Å². The fraction of sp³-hybridized carbons (Fsp3) is 0.176. The Kier molecular flexibility index (Phi) is 6.11. The second kappa shape index (κ2) is 8.28. The van der Waals surface area contributed by atoms with Crippen LogP contribution in [0.15, 0.2) is 54.6 Å². The van der Waals surface area contributed by atoms with Crippen molar-refractivity contribution in [2.75, 3.05) is 12.4 Å². The molecule has 0 bridgehead atoms. The topological polar surface area (TPSA) is 90.8 Å². The van der Waals surface area contributed by atoms with Crippen molar-refractivity contribution >= 4 is 29.0 Å². The van der Waals surface area contributed by atoms with Gasteiger partial charge in [0.2, 0.25) is 0 Å². The van der Waals surface area contributed by atoms with Crippen molar-refractivity contribution < 1.29 is 19.7 Å². The third kappa shape index (κ3) is 4.68. The first kappa shape index (κ1) is 17.7. The van der Waals surface area contributed by atoms with Gasteiger partial charge in [-0.05, 0) is 42.0 Å². The number of thiocarbonyl (C=S) groups is 1. The second-order valence-electron chi connectivity index (χ2n) is 5.00. The molecule has 7 heteroatoms. The number of benzene rings is 2. The Balaban J connectivity index is 2.07. The van der Waals surface area contributed by atoms with Crippen LogP contribution in [-0.4, -0.2) is 34.4 Å². The van der Waals surface area contributed by atoms with Gasteiger partial charge in [0.1, 0.15) is 11.9 Å². The summed E-state index contributed by atoms with van der Waals surface area (Å²) in [7, 11) is 1.53. The van der Waals surface area contributed by atoms with Gasteiger partial charge in [-0.1, -0.05) is 30.3 Å². The molecule has 0 saturated heterocycles. The van der Waals surface area contributed by atoms with Crippen LogP contribution in [-0.2, 0) is 4.79 Å². The highest BCUT2D eigenvalue weighted by atomic mass is 32.1. The molecule has 0 aliphatic carbocycles. The number of hydrogen-bond donors (Lipinski definition) is 4. The highest BCUT2D eigenvalue weighted by Crippen LogP contribution is 2.20. The van der Waals surface area contributed by atoms with Crippen LogP contribution in [0.5, 0.6) is 5.75 Å². The Morgan fingerprint density at radius 1 is 1.12 bits per heavy atom. The van der Waals surface area contributed by atoms with E-state index in [2.05, 4.69) is 10.6 Å². The number of nitrogens with one attached hydrogen (secondary N) is 2. The van der Waals surface area contributed by atoms with Gasteiger partial charge in [-0.25, -0.2) is 4.79 Å². The zero-order chi connectivity index (χ0) is 17.5. The van der Waals surface area contributed by atoms with E-state index in [9.17, 15) is 15.0 Å². The van der Waals surface area contributed by atoms with Gasteiger partial charge in [-0.3, -0.25) is 0 Å². The monoisotopic (exact) mass is 346 g/mol. The second-order valence-corrected chi connectivity index (χ2v) is 5.41. The molecule has 0 fully saturated rings. The number of carbonyl (C=O) groups is 1. The van der Waals surface area contributed by atoms with Crippen molar-refractivity contribution in [3.8, 4) is 5.75 Å². The number of aliphatic hydroxyl groups excluding tert-OH is 1. The first-order valence-electron chi connectivity index (χ1n) is 7.18. The maximum Gasteiger partial charge on any atom is 0.329 e. The van der Waals surface area contributed by atoms with E-state index in [4.69, 9.17) is 17.0 Å². The number of para-hydroxylation sites is 1. The smallest absolute Gasteiger partial charge is 0.329 e. The maximum absolute atomic E-state index is 11.5. The molecule has 0 aliphatic rings. The number of ether oxygens (including phenoxy) is 1. The van der Waals surface area contributed by atoms with Crippen LogP contribution in [0.3, 0.4) is 0 Å². The van der Waals surface area contributed by atoms with Crippen molar-refractivity contribution in [1.29, 1.82) is 0 Å². The fourth-order valence-electron chi connectivity index (χ4n) is 2.10. The summed E-state index contributed by atoms with van der Waals surface area (Å²) >= 11 is 5.12. The minimum absolute atomic E-state index is 0.112. The van der Waals surface area contributed by atoms with Crippen LogP contribution in [0, 0.1) is 0 Å². The molecule has 2 atom stereocenters. The lowest BCUT2D eigenvalue weighted by molar-refractivity contribution is -0.142. The number of rotatable bonds is 6. The van der Waals surface area contributed by atoms with E-state index in [1.807, 2.05) is 18.2 Å². The fourth-order valence-corrected chi connectivity index (χ4v) is 2.34. The van der Waals surface area contributed by atoms with Gasteiger partial charge in [0.25, 0.3) is 0 Å². The molecule has 0 amide bonds. The first-order chi connectivity index (χ1) is 11.5. The quantitative estimate of drug-likeness (QED) is 0.596. The van der Waals surface area contributed by atoms with Gasteiger partial charge >= 0.3 is 5.97 Å². The van der Waals surface area contributed by atoms with Gasteiger partial charge in [-0.15, -0.1) is 0 Å². The summed E-state index contributed by atoms with van der Waals surface area (Å²) in [5.41, 5.74) is 1.16. The van der Waals surface area contributed by atoms with Crippen LogP contribution in [0.25, 0.3) is 0 Å². The van der Waals surface area contributed by atoms with Crippen LogP contribution in [0.2, 0.25) is 0 Å². The number of aliphatic carboxylic acids is 1. The molecule has 24 heavy (non-hydrogen) atoms. The number of anilines is 1. The van der Waals surface area contributed by atoms with Crippen LogP contribution in [0.1, 0.15) is 11.7 Å². The molecule has 0 heterocycles. The summed E-state index contributed by atoms with van der Waals surface area (Å²) in [4.78, 5) is 11.5. The van der Waals surface area contributed by atoms with Crippen molar-refractivity contribution in [1.82, 2.24) is 5.32 Å². The summed E-state index contributed by atoms with van der Waals surface area (Å²) in [6.07, 6.45) is -1.27. The molecule has 4 N–H and O–H groups in total. The lowest BCUT2D eigenvalue weighted by Gasteiger charge is -2.22. The third-order valence-electron chi connectivity index (χ3n) is 3.36. The van der Waals surface area contributed by atoms with Crippen LogP contribution >= 0.6 is 12.2 Å². The van der Waals surface area contributed by atoms with Crippen molar-refractivity contribution in [2.24, 2.45) is 0 Å². The summed E-state index contributed by atoms with van der Waals surface area (Å²) in [5.74, 6) is -0.595. The molecule has 6 nitrogen and oxygen atoms in total. The molecule has 0 aromatic heterocycles. The maximum atomic E-state index is 11.5. The predicted octanol–water partition coefficient (Wildman–Crippen LogP) is 2.17. The molecule has 2 aromatic rings. The molecule has 2 unspecified atom stereocenters. The lowest BCUT2D eigenvalue weighted by Crippen LogP contribution is -2.46. The number of carboxylic acid groups (broad SMARTS) is 1. The van der Waals surface area contributed by atoms with Crippen LogP contribution < -0.4 is 15.4 Å². The van der Waals surface area contributed by atoms with E-state index in [0.29, 0.717) is 11.3 Å². The Bertz CT molecular complexity index is 691. The number of aliphatic hydroxyl groups is 1. The van der Waals surface area contributed by atoms with E-state index in [1.165, 1.54) is 7.11 Å². The van der Waals surface area contributed by atoms with Gasteiger partial charge in [-0.2, -0.15) is 0 Å². The molecular formula is C17H18N2O4S. The first-order valence-corrected chi connectivity index (χ1v) is 7.59. The minimum atomic E-state index is -1.29. The van der Waals surface area contributed by atoms with Gasteiger partial charge in [0.05, 0.1) is 7.11 Å². The zero-order valence-electron chi connectivity index (χ0n) is 13.0. The zero-order valence-corrected chi connectivity index (χ0v) is 13.8. The van der Waals surface area contributed by atoms with Crippen molar-refractivity contribution in [2.45, 2.75) is 12.1 Å². The minimum Gasteiger partial charge on any atom is -0.497 e. The van der Waals surface area contributed by atoms with Gasteiger partial charge in [0.15, 0.2) is 11.2 Å². The molecule has 0 aliphatic heterocycles. The van der Waals surface area contributed by atoms with Gasteiger partial charge < -0.3 is 25.6 Å². The molecular weight excluding hydrogens is 328 g/mol. The Labute approximate surface area is 145 Å². The predicted molar refractivity (Wildman–Crippen MR) is 95.2 cm³/mol. The molecule has 2 aromatic carbocycles. The average molecular weight is 346 g/mol. The molecule has 0 radical (unpaired) electrons. The Hall–Kier alpha value is -2.64. The normalized spacial score (nSPS) is 12.8. The highest BCUT2D eigenvalue weighted by Gasteiger charge is 2.28. The molecule has 0 spiro atoms. The largest absolute Gasteiger partial charge is 0.497 e. The van der Waals surface area contributed by atoms with E-state index < -0.39 is 18.1 Å². The third-order valence-corrected chi connectivity index (χ3v) is 3.58. The van der Waals surface area contributed by atoms with E-state index in [0.717, 1.165) is 5.69 Å². The molecule has 2 rings (SSSR count). The average Bonchev–Trinajstić information content (AvgIpc) is 2.60. The Morgan fingerprint density at radius 2 is 1.75 bits per heavy atom. The molecule has 126 valence electrons. The van der Waals surface area contributed by atoms with Crippen molar-refractivity contribution in [3.63, 3.8) is 0 Å². The summed E-state index contributed by atoms with van der Waals surface area (Å²) in [5, 5.41) is 25.4. The van der Waals surface area contributed by atoms with Gasteiger partial charge in [0, 0.05) is 5.69 Å². The van der Waals surface area contributed by atoms with Crippen LogP contribution in [0.4, 0.5) is 5.69 Å². The summed E-state index contributed by atoms with van der Waals surface area (Å²) in [6, 6.07) is 14.3. The molecule has 0 saturated carbocycles. The van der Waals surface area contributed by atoms with E-state index >= 15 is 0 Å². The Morgan fingerprint density at radius 3 is 2.29 bits per heavy atom. The number of carboxylic acids is 1. The summed E-state index contributed by atoms with van der Waals surface area (Å²) in [6.45, 7) is 0. The lowest BCUT2D eigenvalue weighted by atomic mass is 10.0.